The van der Waals surface area contributed by atoms with E-state index in [0.29, 0.717) is 0 Å². The van der Waals surface area contributed by atoms with Crippen LogP contribution < -0.4 is 4.90 Å². The molecule has 16 aromatic carbocycles. The van der Waals surface area contributed by atoms with Gasteiger partial charge in [-0.05, 0) is 237 Å². The van der Waals surface area contributed by atoms with Crippen molar-refractivity contribution in [1.29, 1.82) is 0 Å². The molecule has 1 nitrogen and oxygen atoms in total. The van der Waals surface area contributed by atoms with Crippen molar-refractivity contribution in [3.05, 3.63) is 515 Å². The lowest BCUT2D eigenvalue weighted by Crippen LogP contribution is -2.34. The highest BCUT2D eigenvalue weighted by molar-refractivity contribution is 5.93. The van der Waals surface area contributed by atoms with Crippen molar-refractivity contribution in [3.63, 3.8) is 0 Å². The summed E-state index contributed by atoms with van der Waals surface area (Å²) in [4.78, 5) is 2.33. The summed E-state index contributed by atoms with van der Waals surface area (Å²) >= 11 is 0. The van der Waals surface area contributed by atoms with E-state index in [0.717, 1.165) is 32.2 Å². The number of unbranched alkanes of at least 4 members (excludes halogenated alkanes) is 1. The Hall–Kier alpha value is -12.7. The molecule has 1 heteroatoms. The Kier molecular flexibility index (Phi) is 55.9. The molecule has 0 atom stereocenters. The number of hydrogen-bond donors (Lipinski definition) is 0. The van der Waals surface area contributed by atoms with E-state index in [4.69, 9.17) is 0 Å². The number of benzene rings is 16. The highest BCUT2D eigenvalue weighted by Crippen LogP contribution is 2.64. The summed E-state index contributed by atoms with van der Waals surface area (Å²) in [6, 6.07) is 138. The maximum atomic E-state index is 2.45. The van der Waals surface area contributed by atoms with Crippen LogP contribution in [0.1, 0.15) is 400 Å². The fraction of sp³-hybridized carbons (Fsp3) is 0.338. The minimum absolute atomic E-state index is 0.196. The second-order valence-electron chi connectivity index (χ2n) is 32.5. The van der Waals surface area contributed by atoms with E-state index in [1.54, 1.807) is 0 Å². The molecule has 0 aromatic heterocycles. The Morgan fingerprint density at radius 3 is 0.486 bits per heavy atom. The molecule has 16 aromatic rings. The van der Waals surface area contributed by atoms with Crippen LogP contribution in [-0.2, 0) is 47.3 Å². The fourth-order valence-electron chi connectivity index (χ4n) is 21.7. The van der Waals surface area contributed by atoms with Gasteiger partial charge in [-0.3, -0.25) is 0 Å². The van der Waals surface area contributed by atoms with Gasteiger partial charge in [0.1, 0.15) is 0 Å². The SMILES string of the molecule is CC.CC.CC.CC.CC.CC.CC.CC.CC.CC.CC.CC.CC.CC.CC.CC.CCCC.CCN(C)c1ccc2c(c1)C1(c3ccccc3C2)c2ccccc2-c2ccccc21.Cc1ccc2c(c1)C1(c3ccccc3C2)c2ccccc2-c2ccccc21.Cc1ccc2c(c1)C1(c3ccccc3C2)c2ccccc2-c2ccccc21.c1ccc2c(c1)Cc1ccccc1C21c2ccccc2-c2ccccc21. The zero-order chi connectivity index (χ0) is 109. The van der Waals surface area contributed by atoms with Gasteiger partial charge >= 0.3 is 0 Å². The first-order valence-corrected chi connectivity index (χ1v) is 57.4. The first kappa shape index (κ1) is 126. The van der Waals surface area contributed by atoms with Gasteiger partial charge in [0.05, 0.1) is 21.7 Å². The van der Waals surface area contributed by atoms with Gasteiger partial charge < -0.3 is 4.90 Å². The van der Waals surface area contributed by atoms with E-state index in [9.17, 15) is 0 Å². The van der Waals surface area contributed by atoms with Gasteiger partial charge in [0.2, 0.25) is 0 Å². The van der Waals surface area contributed by atoms with Crippen molar-refractivity contribution in [3.8, 4) is 44.5 Å². The molecule has 0 aliphatic heterocycles. The van der Waals surface area contributed by atoms with Gasteiger partial charge in [-0.2, -0.15) is 0 Å². The fourth-order valence-corrected chi connectivity index (χ4v) is 21.7. The summed E-state index contributed by atoms with van der Waals surface area (Å²) in [6.07, 6.45) is 6.67. The second-order valence-corrected chi connectivity index (χ2v) is 32.5. The summed E-state index contributed by atoms with van der Waals surface area (Å²) < 4.78 is 0. The van der Waals surface area contributed by atoms with Gasteiger partial charge in [-0.1, -0.05) is 617 Å². The second kappa shape index (κ2) is 65.0. The van der Waals surface area contributed by atoms with Crippen molar-refractivity contribution < 1.29 is 0 Å². The molecule has 0 fully saturated rings. The van der Waals surface area contributed by atoms with Crippen LogP contribution >= 0.6 is 0 Å². The number of nitrogens with zero attached hydrogens (tertiary/aromatic N) is 1. The zero-order valence-corrected chi connectivity index (χ0v) is 98.1. The quantitative estimate of drug-likeness (QED) is 0.170. The summed E-state index contributed by atoms with van der Waals surface area (Å²) in [7, 11) is 2.18. The molecule has 8 aliphatic carbocycles. The topological polar surface area (TPSA) is 3.24 Å². The molecule has 0 unspecified atom stereocenters. The molecule has 774 valence electrons. The third-order valence-corrected chi connectivity index (χ3v) is 26.7. The average Bonchev–Trinajstić information content (AvgIpc) is 1.52. The lowest BCUT2D eigenvalue weighted by atomic mass is 9.61. The van der Waals surface area contributed by atoms with Gasteiger partial charge in [0, 0.05) is 19.3 Å². The molecule has 0 saturated carbocycles. The maximum Gasteiger partial charge on any atom is 0.0719 e. The largest absolute Gasteiger partial charge is 0.375 e. The highest BCUT2D eigenvalue weighted by Gasteiger charge is 2.54. The standard InChI is InChI=1S/C29H25N.2C27H20.C26H18.C4H10.16C2H6/c1-3-30(2)22-17-16-21-18-20-10-4-7-13-25(20)29(28(21)19-22)26-14-8-5-11-23(26)24-12-6-9-15-27(24)29;2*1-18-14-15-20-17-19-8-2-5-11-23(19)27(26(20)16-18)24-12-6-3-9-21(24)22-10-4-7-13-25(22)27;1-5-13-22-18(9-1)17-19-10-2-6-14-23(19)26(22)24-15-7-3-11-20(24)21-12-4-8-16-25(21)26;1-3-4-2;16*1-2/h4-17,19H,3,18H2,1-2H3;2*2-16H,17H2,1H3;1-16H,17H2;3-4H2,1-2H3;16*1-2H3. The summed E-state index contributed by atoms with van der Waals surface area (Å²) in [5.41, 5.74) is 48.5. The first-order valence-electron chi connectivity index (χ1n) is 57.4. The molecular formula is C145H189N. The zero-order valence-electron chi connectivity index (χ0n) is 98.1. The van der Waals surface area contributed by atoms with E-state index in [2.05, 4.69) is 417 Å². The summed E-state index contributed by atoms with van der Waals surface area (Å²) in [5.74, 6) is 0. The minimum Gasteiger partial charge on any atom is -0.375 e. The van der Waals surface area contributed by atoms with E-state index >= 15 is 0 Å². The van der Waals surface area contributed by atoms with Gasteiger partial charge in [0.25, 0.3) is 0 Å². The molecule has 4 spiro atoms. The lowest BCUT2D eigenvalue weighted by molar-refractivity contribution is 0.721. The van der Waals surface area contributed by atoms with Crippen molar-refractivity contribution in [2.24, 2.45) is 0 Å². The maximum absolute atomic E-state index is 2.45. The van der Waals surface area contributed by atoms with Crippen LogP contribution in [0.4, 0.5) is 5.69 Å². The third-order valence-electron chi connectivity index (χ3n) is 26.7. The number of anilines is 1. The molecule has 0 bridgehead atoms. The van der Waals surface area contributed by atoms with Gasteiger partial charge in [-0.25, -0.2) is 0 Å². The minimum atomic E-state index is -0.248. The molecule has 8 aliphatic rings. The van der Waals surface area contributed by atoms with Crippen LogP contribution in [0.25, 0.3) is 44.5 Å². The van der Waals surface area contributed by atoms with Crippen molar-refractivity contribution >= 4 is 5.69 Å². The molecule has 0 radical (unpaired) electrons. The smallest absolute Gasteiger partial charge is 0.0719 e. The Balaban J connectivity index is 0.000000367. The van der Waals surface area contributed by atoms with Crippen LogP contribution in [0.5, 0.6) is 0 Å². The summed E-state index contributed by atoms with van der Waals surface area (Å²) in [5, 5.41) is 0. The van der Waals surface area contributed by atoms with Crippen molar-refractivity contribution in [1.82, 2.24) is 0 Å². The Morgan fingerprint density at radius 1 is 0.164 bits per heavy atom. The van der Waals surface area contributed by atoms with Crippen LogP contribution in [0.2, 0.25) is 0 Å². The van der Waals surface area contributed by atoms with Gasteiger partial charge in [-0.15, -0.1) is 0 Å². The number of aryl methyl sites for hydroxylation is 2. The monoisotopic (exact) mass is 1940 g/mol. The van der Waals surface area contributed by atoms with Crippen molar-refractivity contribution in [2.45, 2.75) is 316 Å². The van der Waals surface area contributed by atoms with E-state index < -0.39 is 0 Å². The highest BCUT2D eigenvalue weighted by atomic mass is 15.1. The molecule has 24 rings (SSSR count). The number of hydrogen-bond acceptors (Lipinski definition) is 1. The van der Waals surface area contributed by atoms with Crippen LogP contribution in [0, 0.1) is 13.8 Å². The van der Waals surface area contributed by atoms with E-state index in [1.807, 2.05) is 222 Å². The van der Waals surface area contributed by atoms with Crippen molar-refractivity contribution in [2.75, 3.05) is 18.5 Å². The molecular weight excluding hydrogens is 1760 g/mol. The number of fused-ring (bicyclic) bond motifs is 36. The first-order chi connectivity index (χ1) is 72.2. The number of rotatable bonds is 3. The van der Waals surface area contributed by atoms with E-state index in [1.165, 1.54) is 208 Å². The Bertz CT molecular complexity index is 6050. The molecule has 146 heavy (non-hydrogen) atoms. The molecule has 0 saturated heterocycles. The van der Waals surface area contributed by atoms with Gasteiger partial charge in [0.15, 0.2) is 0 Å². The normalized spacial score (nSPS) is 12.1. The molecule has 0 heterocycles. The predicted octanol–water partition coefficient (Wildman–Crippen LogP) is 43.1. The predicted molar refractivity (Wildman–Crippen MR) is 657 cm³/mol. The van der Waals surface area contributed by atoms with Crippen LogP contribution in [-0.4, -0.2) is 13.6 Å². The Morgan fingerprint density at radius 2 is 0.308 bits per heavy atom. The third kappa shape index (κ3) is 24.1. The van der Waals surface area contributed by atoms with Crippen LogP contribution in [0.3, 0.4) is 0 Å². The van der Waals surface area contributed by atoms with E-state index in [-0.39, 0.29) is 21.7 Å². The molecule has 0 amide bonds. The lowest BCUT2D eigenvalue weighted by Gasteiger charge is -2.40. The average molecular weight is 1950 g/mol. The molecule has 0 N–H and O–H groups in total. The van der Waals surface area contributed by atoms with Crippen LogP contribution in [0.15, 0.2) is 370 Å². The summed E-state index contributed by atoms with van der Waals surface area (Å²) in [6.45, 7) is 76.0. The Labute approximate surface area is 893 Å².